The average molecular weight is 455 g/mol. The molecule has 1 heterocycles. The molecule has 1 fully saturated rings. The van der Waals surface area contributed by atoms with Crippen molar-refractivity contribution in [1.82, 2.24) is 9.97 Å². The van der Waals surface area contributed by atoms with Crippen molar-refractivity contribution in [3.8, 4) is 11.5 Å². The summed E-state index contributed by atoms with van der Waals surface area (Å²) in [7, 11) is 3.16. The lowest BCUT2D eigenvalue weighted by Gasteiger charge is -2.27. The molecule has 2 aromatic carbocycles. The van der Waals surface area contributed by atoms with Gasteiger partial charge >= 0.3 is 5.97 Å². The van der Waals surface area contributed by atoms with Crippen molar-refractivity contribution in [2.75, 3.05) is 14.2 Å². The van der Waals surface area contributed by atoms with Gasteiger partial charge in [-0.2, -0.15) is 0 Å². The van der Waals surface area contributed by atoms with Crippen LogP contribution in [0.4, 0.5) is 0 Å². The van der Waals surface area contributed by atoms with E-state index in [0.29, 0.717) is 40.3 Å². The van der Waals surface area contributed by atoms with Crippen LogP contribution in [0.5, 0.6) is 11.5 Å². The fourth-order valence-corrected chi connectivity index (χ4v) is 4.54. The number of nitrogens with one attached hydrogen (secondary N) is 1. The third-order valence-corrected chi connectivity index (χ3v) is 6.32. The van der Waals surface area contributed by atoms with Crippen LogP contribution < -0.4 is 9.47 Å². The zero-order chi connectivity index (χ0) is 23.5. The van der Waals surface area contributed by atoms with Gasteiger partial charge < -0.3 is 29.4 Å². The molecule has 1 aliphatic rings. The molecule has 0 radical (unpaired) electrons. The Morgan fingerprint density at radius 3 is 2.45 bits per heavy atom. The molecule has 1 saturated carbocycles. The molecule has 8 nitrogen and oxygen atoms in total. The van der Waals surface area contributed by atoms with Crippen molar-refractivity contribution in [3.05, 3.63) is 52.8 Å². The Bertz CT molecular complexity index is 1110. The standard InChI is InChI=1S/C25H30N2O6/c1-14-19(31-2)11-15(12-20(14)32-3)24(28)21(33-16-7-4-5-8-16)13-22-26-18-10-6-9-17(25(29)30)23(18)27-22/h6,9-12,16,21,24,28H,4-5,7-8,13H2,1-3H3,(H,26,27)(H,29,30). The number of aliphatic hydroxyl groups excluding tert-OH is 1. The molecule has 4 rings (SSSR count). The summed E-state index contributed by atoms with van der Waals surface area (Å²) in [6, 6.07) is 8.60. The van der Waals surface area contributed by atoms with Crippen molar-refractivity contribution in [2.45, 2.75) is 57.3 Å². The Hall–Kier alpha value is -3.10. The summed E-state index contributed by atoms with van der Waals surface area (Å²) < 4.78 is 17.3. The number of benzene rings is 2. The second-order valence-corrected chi connectivity index (χ2v) is 8.47. The molecule has 1 aromatic heterocycles. The third-order valence-electron chi connectivity index (χ3n) is 6.32. The highest BCUT2D eigenvalue weighted by Gasteiger charge is 2.29. The van der Waals surface area contributed by atoms with Gasteiger partial charge in [0.1, 0.15) is 28.9 Å². The predicted molar refractivity (Wildman–Crippen MR) is 123 cm³/mol. The number of imidazole rings is 1. The van der Waals surface area contributed by atoms with E-state index in [9.17, 15) is 15.0 Å². The average Bonchev–Trinajstić information content (AvgIpc) is 3.47. The maximum Gasteiger partial charge on any atom is 0.337 e. The summed E-state index contributed by atoms with van der Waals surface area (Å²) >= 11 is 0. The monoisotopic (exact) mass is 454 g/mol. The molecule has 0 saturated heterocycles. The van der Waals surface area contributed by atoms with Crippen molar-refractivity contribution in [3.63, 3.8) is 0 Å². The molecule has 2 atom stereocenters. The summed E-state index contributed by atoms with van der Waals surface area (Å²) in [5.74, 6) is 0.777. The van der Waals surface area contributed by atoms with Gasteiger partial charge in [-0.15, -0.1) is 0 Å². The SMILES string of the molecule is COc1cc(C(O)C(Cc2nc3c(C(=O)O)cccc3[nH]2)OC2CCCC2)cc(OC)c1C. The second kappa shape index (κ2) is 9.80. The lowest BCUT2D eigenvalue weighted by molar-refractivity contribution is -0.0760. The fourth-order valence-electron chi connectivity index (χ4n) is 4.54. The Morgan fingerprint density at radius 2 is 1.85 bits per heavy atom. The van der Waals surface area contributed by atoms with Gasteiger partial charge in [-0.05, 0) is 49.6 Å². The third kappa shape index (κ3) is 4.82. The van der Waals surface area contributed by atoms with E-state index in [2.05, 4.69) is 9.97 Å². The number of hydrogen-bond acceptors (Lipinski definition) is 6. The number of hydrogen-bond donors (Lipinski definition) is 3. The summed E-state index contributed by atoms with van der Waals surface area (Å²) in [5.41, 5.74) is 2.64. The van der Waals surface area contributed by atoms with E-state index in [1.807, 2.05) is 6.92 Å². The van der Waals surface area contributed by atoms with E-state index in [0.717, 1.165) is 31.2 Å². The molecule has 3 aromatic rings. The van der Waals surface area contributed by atoms with Crippen molar-refractivity contribution in [1.29, 1.82) is 0 Å². The summed E-state index contributed by atoms with van der Waals surface area (Å²) in [6.45, 7) is 1.90. The summed E-state index contributed by atoms with van der Waals surface area (Å²) in [4.78, 5) is 19.3. The van der Waals surface area contributed by atoms with E-state index in [1.165, 1.54) is 6.07 Å². The number of H-pyrrole nitrogens is 1. The molecule has 0 aliphatic heterocycles. The van der Waals surface area contributed by atoms with Gasteiger partial charge in [-0.25, -0.2) is 9.78 Å². The molecule has 0 spiro atoms. The number of fused-ring (bicyclic) bond motifs is 1. The number of para-hydroxylation sites is 1. The quantitative estimate of drug-likeness (QED) is 0.444. The van der Waals surface area contributed by atoms with Crippen LogP contribution in [0, 0.1) is 6.92 Å². The van der Waals surface area contributed by atoms with Crippen LogP contribution in [0.2, 0.25) is 0 Å². The number of carboxylic acids is 1. The molecule has 0 bridgehead atoms. The van der Waals surface area contributed by atoms with E-state index >= 15 is 0 Å². The number of carboxylic acid groups (broad SMARTS) is 1. The zero-order valence-electron chi connectivity index (χ0n) is 19.1. The lowest BCUT2D eigenvalue weighted by Crippen LogP contribution is -2.29. The largest absolute Gasteiger partial charge is 0.496 e. The van der Waals surface area contributed by atoms with Crippen LogP contribution in [-0.4, -0.2) is 52.6 Å². The van der Waals surface area contributed by atoms with Crippen LogP contribution in [-0.2, 0) is 11.2 Å². The molecule has 176 valence electrons. The molecule has 8 heteroatoms. The number of nitrogens with zero attached hydrogens (tertiary/aromatic N) is 1. The van der Waals surface area contributed by atoms with Gasteiger partial charge in [0.15, 0.2) is 0 Å². The predicted octanol–water partition coefficient (Wildman–Crippen LogP) is 4.19. The number of rotatable bonds is 9. The summed E-state index contributed by atoms with van der Waals surface area (Å²) in [5, 5.41) is 20.9. The molecule has 2 unspecified atom stereocenters. The fraction of sp³-hybridized carbons (Fsp3) is 0.440. The van der Waals surface area contributed by atoms with Crippen LogP contribution in [0.3, 0.4) is 0 Å². The molecular formula is C25H30N2O6. The highest BCUT2D eigenvalue weighted by Crippen LogP contribution is 2.35. The smallest absolute Gasteiger partial charge is 0.337 e. The minimum atomic E-state index is -1.03. The minimum Gasteiger partial charge on any atom is -0.496 e. The van der Waals surface area contributed by atoms with E-state index in [4.69, 9.17) is 14.2 Å². The van der Waals surface area contributed by atoms with Crippen LogP contribution >= 0.6 is 0 Å². The first-order valence-corrected chi connectivity index (χ1v) is 11.2. The molecule has 1 aliphatic carbocycles. The topological polar surface area (TPSA) is 114 Å². The lowest BCUT2D eigenvalue weighted by atomic mass is 9.99. The first kappa shape index (κ1) is 23.1. The minimum absolute atomic E-state index is 0.0675. The number of aromatic carboxylic acids is 1. The van der Waals surface area contributed by atoms with Crippen molar-refractivity contribution >= 4 is 17.0 Å². The van der Waals surface area contributed by atoms with Crippen molar-refractivity contribution < 1.29 is 29.2 Å². The number of methoxy groups -OCH3 is 2. The number of aromatic amines is 1. The van der Waals surface area contributed by atoms with Gasteiger partial charge in [0, 0.05) is 12.0 Å². The van der Waals surface area contributed by atoms with Gasteiger partial charge in [0.25, 0.3) is 0 Å². The van der Waals surface area contributed by atoms with E-state index in [-0.39, 0.29) is 11.7 Å². The zero-order valence-corrected chi connectivity index (χ0v) is 19.1. The van der Waals surface area contributed by atoms with Crippen LogP contribution in [0.15, 0.2) is 30.3 Å². The van der Waals surface area contributed by atoms with E-state index < -0.39 is 18.2 Å². The Labute approximate surface area is 192 Å². The maximum absolute atomic E-state index is 11.6. The molecule has 33 heavy (non-hydrogen) atoms. The van der Waals surface area contributed by atoms with E-state index in [1.54, 1.807) is 38.5 Å². The molecule has 0 amide bonds. The maximum atomic E-state index is 11.6. The molecular weight excluding hydrogens is 424 g/mol. The normalized spacial score (nSPS) is 16.1. The van der Waals surface area contributed by atoms with Crippen LogP contribution in [0.25, 0.3) is 11.0 Å². The Kier molecular flexibility index (Phi) is 6.85. The first-order chi connectivity index (χ1) is 15.9. The number of aromatic nitrogens is 2. The van der Waals surface area contributed by atoms with Crippen LogP contribution in [0.1, 0.15) is 59.1 Å². The Morgan fingerprint density at radius 1 is 1.18 bits per heavy atom. The van der Waals surface area contributed by atoms with Gasteiger partial charge in [-0.3, -0.25) is 0 Å². The molecule has 3 N–H and O–H groups in total. The van der Waals surface area contributed by atoms with Gasteiger partial charge in [0.05, 0.1) is 37.5 Å². The Balaban J connectivity index is 1.68. The van der Waals surface area contributed by atoms with Gasteiger partial charge in [-0.1, -0.05) is 18.9 Å². The van der Waals surface area contributed by atoms with Crippen molar-refractivity contribution in [2.24, 2.45) is 0 Å². The highest BCUT2D eigenvalue weighted by atomic mass is 16.5. The second-order valence-electron chi connectivity index (χ2n) is 8.47. The highest BCUT2D eigenvalue weighted by molar-refractivity contribution is 6.00. The number of aliphatic hydroxyl groups is 1. The van der Waals surface area contributed by atoms with Gasteiger partial charge in [0.2, 0.25) is 0 Å². The number of carbonyl (C=O) groups is 1. The number of ether oxygens (including phenoxy) is 3. The summed E-state index contributed by atoms with van der Waals surface area (Å²) in [6.07, 6.45) is 2.93. The first-order valence-electron chi connectivity index (χ1n) is 11.2.